The zero-order valence-corrected chi connectivity index (χ0v) is 11.3. The van der Waals surface area contributed by atoms with Gasteiger partial charge < -0.3 is 9.88 Å². The van der Waals surface area contributed by atoms with Gasteiger partial charge in [0, 0.05) is 18.9 Å². The summed E-state index contributed by atoms with van der Waals surface area (Å²) in [4.78, 5) is 4.25. The Morgan fingerprint density at radius 1 is 1.35 bits per heavy atom. The molecule has 1 N–H and O–H groups in total. The number of aromatic nitrogens is 2. The van der Waals surface area contributed by atoms with Crippen molar-refractivity contribution >= 4 is 0 Å². The smallest absolute Gasteiger partial charge is 0.334 e. The second-order valence-electron chi connectivity index (χ2n) is 4.42. The molecular weight excluding hydrogens is 267 g/mol. The second kappa shape index (κ2) is 5.66. The molecule has 3 nitrogen and oxygen atoms in total. The maximum atomic E-state index is 12.8. The topological polar surface area (TPSA) is 29.9 Å². The Hall–Kier alpha value is -1.82. The van der Waals surface area contributed by atoms with Gasteiger partial charge in [-0.1, -0.05) is 12.1 Å². The monoisotopic (exact) mass is 283 g/mol. The fraction of sp³-hybridized carbons (Fsp3) is 0.357. The molecule has 1 atom stereocenters. The Bertz CT molecular complexity index is 575. The number of alkyl halides is 3. The molecule has 20 heavy (non-hydrogen) atoms. The molecule has 0 fully saturated rings. The van der Waals surface area contributed by atoms with E-state index in [2.05, 4.69) is 10.3 Å². The molecule has 108 valence electrons. The standard InChI is InChI=1S/C14H16F3N3/c1-3-20-8-7-19-13(20)12(18-2)10-5-4-6-11(9-10)14(15,16)17/h4-9,12,18H,3H2,1-2H3. The molecule has 2 aromatic rings. The third kappa shape index (κ3) is 2.85. The lowest BCUT2D eigenvalue weighted by Crippen LogP contribution is -2.22. The third-order valence-electron chi connectivity index (χ3n) is 3.18. The van der Waals surface area contributed by atoms with E-state index >= 15 is 0 Å². The first-order valence-corrected chi connectivity index (χ1v) is 6.32. The molecule has 1 heterocycles. The summed E-state index contributed by atoms with van der Waals surface area (Å²) in [5, 5.41) is 3.02. The number of benzene rings is 1. The number of nitrogens with zero attached hydrogens (tertiary/aromatic N) is 2. The van der Waals surface area contributed by atoms with Gasteiger partial charge in [0.05, 0.1) is 11.6 Å². The molecule has 1 aromatic heterocycles. The average molecular weight is 283 g/mol. The van der Waals surface area contributed by atoms with E-state index in [-0.39, 0.29) is 6.04 Å². The van der Waals surface area contributed by atoms with E-state index in [1.807, 2.05) is 17.7 Å². The van der Waals surface area contributed by atoms with Crippen molar-refractivity contribution in [3.63, 3.8) is 0 Å². The van der Waals surface area contributed by atoms with E-state index in [4.69, 9.17) is 0 Å². The van der Waals surface area contributed by atoms with Gasteiger partial charge in [-0.25, -0.2) is 4.98 Å². The van der Waals surface area contributed by atoms with Crippen LogP contribution in [0.4, 0.5) is 13.2 Å². The van der Waals surface area contributed by atoms with Gasteiger partial charge in [0.15, 0.2) is 0 Å². The van der Waals surface area contributed by atoms with Crippen molar-refractivity contribution < 1.29 is 13.2 Å². The van der Waals surface area contributed by atoms with Crippen LogP contribution in [-0.2, 0) is 12.7 Å². The maximum absolute atomic E-state index is 12.8. The molecule has 1 unspecified atom stereocenters. The number of nitrogens with one attached hydrogen (secondary N) is 1. The van der Waals surface area contributed by atoms with Crippen LogP contribution in [0, 0.1) is 0 Å². The van der Waals surface area contributed by atoms with Crippen molar-refractivity contribution in [1.82, 2.24) is 14.9 Å². The summed E-state index contributed by atoms with van der Waals surface area (Å²) in [7, 11) is 1.71. The maximum Gasteiger partial charge on any atom is 0.416 e. The van der Waals surface area contributed by atoms with Crippen LogP contribution in [0.15, 0.2) is 36.7 Å². The molecular formula is C14H16F3N3. The van der Waals surface area contributed by atoms with Crippen molar-refractivity contribution in [3.8, 4) is 0 Å². The summed E-state index contributed by atoms with van der Waals surface area (Å²) >= 11 is 0. The van der Waals surface area contributed by atoms with Crippen LogP contribution in [0.25, 0.3) is 0 Å². The van der Waals surface area contributed by atoms with Gasteiger partial charge in [0.2, 0.25) is 0 Å². The summed E-state index contributed by atoms with van der Waals surface area (Å²) in [6.45, 7) is 2.68. The molecule has 1 aromatic carbocycles. The summed E-state index contributed by atoms with van der Waals surface area (Å²) in [5.41, 5.74) is -0.104. The predicted molar refractivity (Wildman–Crippen MR) is 70.2 cm³/mol. The van der Waals surface area contributed by atoms with Gasteiger partial charge in [0.1, 0.15) is 5.82 Å². The highest BCUT2D eigenvalue weighted by molar-refractivity contribution is 5.31. The molecule has 0 saturated heterocycles. The van der Waals surface area contributed by atoms with E-state index in [9.17, 15) is 13.2 Å². The summed E-state index contributed by atoms with van der Waals surface area (Å²) in [5.74, 6) is 0.703. The zero-order chi connectivity index (χ0) is 14.8. The minimum absolute atomic E-state index is 0.368. The molecule has 0 saturated carbocycles. The van der Waals surface area contributed by atoms with Crippen LogP contribution in [0.3, 0.4) is 0 Å². The lowest BCUT2D eigenvalue weighted by Gasteiger charge is -2.18. The minimum Gasteiger partial charge on any atom is -0.334 e. The summed E-state index contributed by atoms with van der Waals surface area (Å²) in [6.07, 6.45) is -0.876. The minimum atomic E-state index is -4.34. The molecule has 0 aliphatic rings. The molecule has 0 aliphatic carbocycles. The lowest BCUT2D eigenvalue weighted by atomic mass is 10.0. The van der Waals surface area contributed by atoms with Gasteiger partial charge >= 0.3 is 6.18 Å². The first-order valence-electron chi connectivity index (χ1n) is 6.32. The first-order chi connectivity index (χ1) is 9.47. The van der Waals surface area contributed by atoms with E-state index < -0.39 is 11.7 Å². The van der Waals surface area contributed by atoms with Crippen LogP contribution < -0.4 is 5.32 Å². The van der Waals surface area contributed by atoms with Crippen LogP contribution in [-0.4, -0.2) is 16.6 Å². The van der Waals surface area contributed by atoms with Crippen LogP contribution >= 0.6 is 0 Å². The number of halogens is 3. The Morgan fingerprint density at radius 2 is 2.10 bits per heavy atom. The van der Waals surface area contributed by atoms with Crippen molar-refractivity contribution in [2.24, 2.45) is 0 Å². The van der Waals surface area contributed by atoms with Crippen molar-refractivity contribution in [3.05, 3.63) is 53.6 Å². The van der Waals surface area contributed by atoms with E-state index in [1.165, 1.54) is 6.07 Å². The van der Waals surface area contributed by atoms with Crippen molar-refractivity contribution in [2.75, 3.05) is 7.05 Å². The van der Waals surface area contributed by atoms with Crippen LogP contribution in [0.5, 0.6) is 0 Å². The normalized spacial score (nSPS) is 13.4. The molecule has 0 spiro atoms. The van der Waals surface area contributed by atoms with Crippen LogP contribution in [0.1, 0.15) is 29.9 Å². The van der Waals surface area contributed by atoms with Gasteiger partial charge in [0.25, 0.3) is 0 Å². The number of hydrogen-bond donors (Lipinski definition) is 1. The molecule has 0 amide bonds. The van der Waals surface area contributed by atoms with Crippen LogP contribution in [0.2, 0.25) is 0 Å². The second-order valence-corrected chi connectivity index (χ2v) is 4.42. The highest BCUT2D eigenvalue weighted by atomic mass is 19.4. The molecule has 2 rings (SSSR count). The fourth-order valence-corrected chi connectivity index (χ4v) is 2.19. The van der Waals surface area contributed by atoms with Gasteiger partial charge in [-0.3, -0.25) is 0 Å². The Kier molecular flexibility index (Phi) is 4.13. The van der Waals surface area contributed by atoms with Gasteiger partial charge in [-0.15, -0.1) is 0 Å². The molecule has 6 heteroatoms. The molecule has 0 radical (unpaired) electrons. The Labute approximate surface area is 115 Å². The van der Waals surface area contributed by atoms with Crippen molar-refractivity contribution in [2.45, 2.75) is 25.7 Å². The molecule has 0 bridgehead atoms. The number of imidazole rings is 1. The third-order valence-corrected chi connectivity index (χ3v) is 3.18. The molecule has 0 aliphatic heterocycles. The fourth-order valence-electron chi connectivity index (χ4n) is 2.19. The predicted octanol–water partition coefficient (Wildman–Crippen LogP) is 3.23. The SMILES string of the molecule is CCn1ccnc1C(NC)c1cccc(C(F)(F)F)c1. The van der Waals surface area contributed by atoms with E-state index in [0.29, 0.717) is 17.9 Å². The number of aryl methyl sites for hydroxylation is 1. The summed E-state index contributed by atoms with van der Waals surface area (Å²) < 4.78 is 40.2. The number of hydrogen-bond acceptors (Lipinski definition) is 2. The Balaban J connectivity index is 2.43. The van der Waals surface area contributed by atoms with E-state index in [0.717, 1.165) is 12.1 Å². The zero-order valence-electron chi connectivity index (χ0n) is 11.3. The van der Waals surface area contributed by atoms with E-state index in [1.54, 1.807) is 19.3 Å². The van der Waals surface area contributed by atoms with Gasteiger partial charge in [-0.05, 0) is 31.7 Å². The largest absolute Gasteiger partial charge is 0.416 e. The highest BCUT2D eigenvalue weighted by Gasteiger charge is 2.31. The summed E-state index contributed by atoms with van der Waals surface area (Å²) in [6, 6.07) is 4.96. The quantitative estimate of drug-likeness (QED) is 0.933. The van der Waals surface area contributed by atoms with Gasteiger partial charge in [-0.2, -0.15) is 13.2 Å². The lowest BCUT2D eigenvalue weighted by molar-refractivity contribution is -0.137. The highest BCUT2D eigenvalue weighted by Crippen LogP contribution is 2.31. The first kappa shape index (κ1) is 14.6. The van der Waals surface area contributed by atoms with Crippen molar-refractivity contribution in [1.29, 1.82) is 0 Å². The average Bonchev–Trinajstić information content (AvgIpc) is 2.87. The Morgan fingerprint density at radius 3 is 2.70 bits per heavy atom. The number of rotatable bonds is 4.